The molecule has 0 atom stereocenters. The van der Waals surface area contributed by atoms with E-state index in [4.69, 9.17) is 4.74 Å². The molecule has 6 nitrogen and oxygen atoms in total. The van der Waals surface area contributed by atoms with Gasteiger partial charge in [-0.1, -0.05) is 30.3 Å². The minimum atomic E-state index is -4.85. The molecule has 28 heavy (non-hydrogen) atoms. The first-order valence-corrected chi connectivity index (χ1v) is 8.41. The van der Waals surface area contributed by atoms with Crippen molar-refractivity contribution in [2.24, 2.45) is 0 Å². The standard InChI is InChI=1S/C19H19F3N2O4/c1-13(2)23(11-14-6-4-3-5-7-14)18(25)12-28-17-9-8-15(24(26)27)10-16(17)19(20,21)22/h3-10,13H,11-12H2,1-2H3. The first-order valence-electron chi connectivity index (χ1n) is 8.41. The van der Waals surface area contributed by atoms with Crippen molar-refractivity contribution >= 4 is 11.6 Å². The molecule has 0 aliphatic carbocycles. The van der Waals surface area contributed by atoms with Gasteiger partial charge in [-0.15, -0.1) is 0 Å². The molecule has 0 aliphatic heterocycles. The summed E-state index contributed by atoms with van der Waals surface area (Å²) in [6, 6.07) is 11.1. The molecular weight excluding hydrogens is 377 g/mol. The summed E-state index contributed by atoms with van der Waals surface area (Å²) in [4.78, 5) is 23.8. The van der Waals surface area contributed by atoms with Gasteiger partial charge in [0.1, 0.15) is 11.3 Å². The minimum absolute atomic E-state index is 0.199. The van der Waals surface area contributed by atoms with E-state index in [1.54, 1.807) is 13.8 Å². The summed E-state index contributed by atoms with van der Waals surface area (Å²) in [7, 11) is 0. The van der Waals surface area contributed by atoms with Crippen molar-refractivity contribution in [3.05, 3.63) is 69.8 Å². The number of non-ortho nitro benzene ring substituents is 1. The third kappa shape index (κ3) is 5.45. The number of nitro benzene ring substituents is 1. The number of hydrogen-bond acceptors (Lipinski definition) is 4. The molecule has 0 radical (unpaired) electrons. The lowest BCUT2D eigenvalue weighted by atomic mass is 10.1. The molecule has 1 amide bonds. The van der Waals surface area contributed by atoms with E-state index in [1.165, 1.54) is 4.90 Å². The number of ether oxygens (including phenoxy) is 1. The molecule has 9 heteroatoms. The molecule has 0 bridgehead atoms. The van der Waals surface area contributed by atoms with Gasteiger partial charge in [0.25, 0.3) is 11.6 Å². The van der Waals surface area contributed by atoms with Gasteiger partial charge in [0.05, 0.1) is 4.92 Å². The summed E-state index contributed by atoms with van der Waals surface area (Å²) in [5.74, 6) is -1.12. The molecule has 0 spiro atoms. The summed E-state index contributed by atoms with van der Waals surface area (Å²) in [6.07, 6.45) is -4.85. The van der Waals surface area contributed by atoms with Crippen molar-refractivity contribution in [3.63, 3.8) is 0 Å². The van der Waals surface area contributed by atoms with Crippen LogP contribution in [0.2, 0.25) is 0 Å². The first kappa shape index (κ1) is 21.2. The summed E-state index contributed by atoms with van der Waals surface area (Å²) in [5, 5.41) is 10.7. The zero-order valence-electron chi connectivity index (χ0n) is 15.3. The van der Waals surface area contributed by atoms with Gasteiger partial charge in [0, 0.05) is 24.7 Å². The van der Waals surface area contributed by atoms with Crippen LogP contribution in [0.25, 0.3) is 0 Å². The fraction of sp³-hybridized carbons (Fsp3) is 0.316. The number of halogens is 3. The van der Waals surface area contributed by atoms with Crippen molar-refractivity contribution in [3.8, 4) is 5.75 Å². The van der Waals surface area contributed by atoms with Crippen LogP contribution in [-0.4, -0.2) is 28.4 Å². The maximum absolute atomic E-state index is 13.2. The molecule has 2 rings (SSSR count). The van der Waals surface area contributed by atoms with Gasteiger partial charge in [-0.2, -0.15) is 13.2 Å². The first-order chi connectivity index (χ1) is 13.1. The van der Waals surface area contributed by atoms with Gasteiger partial charge < -0.3 is 9.64 Å². The summed E-state index contributed by atoms with van der Waals surface area (Å²) >= 11 is 0. The Bertz CT molecular complexity index is 839. The molecular formula is C19H19F3N2O4. The Kier molecular flexibility index (Phi) is 6.61. The van der Waals surface area contributed by atoms with Crippen molar-refractivity contribution in [1.82, 2.24) is 4.90 Å². The zero-order valence-corrected chi connectivity index (χ0v) is 15.3. The molecule has 0 aromatic heterocycles. The van der Waals surface area contributed by atoms with Crippen LogP contribution in [0.4, 0.5) is 18.9 Å². The molecule has 2 aromatic rings. The van der Waals surface area contributed by atoms with Crippen LogP contribution in [0.5, 0.6) is 5.75 Å². The topological polar surface area (TPSA) is 72.7 Å². The lowest BCUT2D eigenvalue weighted by molar-refractivity contribution is -0.385. The largest absolute Gasteiger partial charge is 0.483 e. The molecule has 0 fully saturated rings. The molecule has 0 saturated heterocycles. The van der Waals surface area contributed by atoms with Crippen LogP contribution in [0.3, 0.4) is 0 Å². The van der Waals surface area contributed by atoms with E-state index in [1.807, 2.05) is 30.3 Å². The van der Waals surface area contributed by atoms with Crippen molar-refractivity contribution in [2.75, 3.05) is 6.61 Å². The van der Waals surface area contributed by atoms with Crippen LogP contribution < -0.4 is 4.74 Å². The number of carbonyl (C=O) groups excluding carboxylic acids is 1. The third-order valence-electron chi connectivity index (χ3n) is 3.97. The van der Waals surface area contributed by atoms with E-state index in [0.717, 1.165) is 17.7 Å². The highest BCUT2D eigenvalue weighted by Crippen LogP contribution is 2.38. The Balaban J connectivity index is 2.17. The summed E-state index contributed by atoms with van der Waals surface area (Å²) in [6.45, 7) is 3.24. The second-order valence-electron chi connectivity index (χ2n) is 6.32. The number of carbonyl (C=O) groups is 1. The van der Waals surface area contributed by atoms with E-state index in [2.05, 4.69) is 0 Å². The number of hydrogen-bond donors (Lipinski definition) is 0. The van der Waals surface area contributed by atoms with Crippen molar-refractivity contribution in [1.29, 1.82) is 0 Å². The van der Waals surface area contributed by atoms with Crippen LogP contribution in [0.1, 0.15) is 25.0 Å². The van der Waals surface area contributed by atoms with E-state index in [9.17, 15) is 28.1 Å². The predicted octanol–water partition coefficient (Wildman–Crippen LogP) is 4.43. The van der Waals surface area contributed by atoms with E-state index in [-0.39, 0.29) is 12.6 Å². The normalized spacial score (nSPS) is 11.4. The maximum atomic E-state index is 13.2. The van der Waals surface area contributed by atoms with Gasteiger partial charge in [0.2, 0.25) is 0 Å². The van der Waals surface area contributed by atoms with Crippen LogP contribution in [-0.2, 0) is 17.5 Å². The van der Waals surface area contributed by atoms with Crippen LogP contribution in [0, 0.1) is 10.1 Å². The molecule has 0 aliphatic rings. The molecule has 0 saturated carbocycles. The molecule has 150 valence electrons. The molecule has 0 heterocycles. The van der Waals surface area contributed by atoms with Gasteiger partial charge in [-0.05, 0) is 25.5 Å². The fourth-order valence-electron chi connectivity index (χ4n) is 2.54. The van der Waals surface area contributed by atoms with Crippen molar-refractivity contribution in [2.45, 2.75) is 32.6 Å². The summed E-state index contributed by atoms with van der Waals surface area (Å²) < 4.78 is 44.7. The Morgan fingerprint density at radius 2 is 1.82 bits per heavy atom. The highest BCUT2D eigenvalue weighted by atomic mass is 19.4. The number of nitro groups is 1. The number of alkyl halides is 3. The fourth-order valence-corrected chi connectivity index (χ4v) is 2.54. The second-order valence-corrected chi connectivity index (χ2v) is 6.32. The Morgan fingerprint density at radius 1 is 1.18 bits per heavy atom. The van der Waals surface area contributed by atoms with Crippen molar-refractivity contribution < 1.29 is 27.6 Å². The van der Waals surface area contributed by atoms with Gasteiger partial charge in [-0.25, -0.2) is 0 Å². The third-order valence-corrected chi connectivity index (χ3v) is 3.97. The van der Waals surface area contributed by atoms with E-state index >= 15 is 0 Å². The molecule has 2 aromatic carbocycles. The number of nitrogens with zero attached hydrogens (tertiary/aromatic N) is 2. The van der Waals surface area contributed by atoms with Gasteiger partial charge in [0.15, 0.2) is 6.61 Å². The highest BCUT2D eigenvalue weighted by Gasteiger charge is 2.36. The van der Waals surface area contributed by atoms with E-state index < -0.39 is 40.6 Å². The monoisotopic (exact) mass is 396 g/mol. The highest BCUT2D eigenvalue weighted by molar-refractivity contribution is 5.78. The van der Waals surface area contributed by atoms with E-state index in [0.29, 0.717) is 6.07 Å². The van der Waals surface area contributed by atoms with Gasteiger partial charge >= 0.3 is 6.18 Å². The summed E-state index contributed by atoms with van der Waals surface area (Å²) in [5.41, 5.74) is -1.14. The second kappa shape index (κ2) is 8.73. The quantitative estimate of drug-likeness (QED) is 0.513. The lowest BCUT2D eigenvalue weighted by Crippen LogP contribution is -2.39. The van der Waals surface area contributed by atoms with Gasteiger partial charge in [-0.3, -0.25) is 14.9 Å². The Labute approximate surface area is 159 Å². The maximum Gasteiger partial charge on any atom is 0.420 e. The smallest absolute Gasteiger partial charge is 0.420 e. The number of amides is 1. The zero-order chi connectivity index (χ0) is 20.9. The molecule has 0 N–H and O–H groups in total. The Hall–Kier alpha value is -3.10. The minimum Gasteiger partial charge on any atom is -0.483 e. The van der Waals surface area contributed by atoms with Crippen LogP contribution >= 0.6 is 0 Å². The average molecular weight is 396 g/mol. The number of benzene rings is 2. The van der Waals surface area contributed by atoms with Crippen LogP contribution in [0.15, 0.2) is 48.5 Å². The predicted molar refractivity (Wildman–Crippen MR) is 95.7 cm³/mol. The Morgan fingerprint density at radius 3 is 2.36 bits per heavy atom. The number of rotatable bonds is 7. The lowest BCUT2D eigenvalue weighted by Gasteiger charge is -2.27. The SMILES string of the molecule is CC(C)N(Cc1ccccc1)C(=O)COc1ccc([N+](=O)[O-])cc1C(F)(F)F. The molecule has 0 unspecified atom stereocenters. The average Bonchev–Trinajstić information content (AvgIpc) is 2.63.